The van der Waals surface area contributed by atoms with Crippen LogP contribution in [0.15, 0.2) is 29.4 Å². The maximum atomic E-state index is 12.2. The molecule has 0 amide bonds. The van der Waals surface area contributed by atoms with E-state index in [2.05, 4.69) is 20.7 Å². The third-order valence-electron chi connectivity index (χ3n) is 3.33. The largest absolute Gasteiger partial charge is 0.306 e. The van der Waals surface area contributed by atoms with Gasteiger partial charge in [-0.15, -0.1) is 0 Å². The van der Waals surface area contributed by atoms with Crippen LogP contribution >= 0.6 is 0 Å². The lowest BCUT2D eigenvalue weighted by Crippen LogP contribution is -2.53. The van der Waals surface area contributed by atoms with Crippen molar-refractivity contribution in [1.29, 1.82) is 5.26 Å². The predicted octanol–water partition coefficient (Wildman–Crippen LogP) is 0.348. The van der Waals surface area contributed by atoms with Gasteiger partial charge in [0.05, 0.1) is 6.07 Å². The maximum absolute atomic E-state index is 12.2. The third kappa shape index (κ3) is 3.10. The first-order valence-corrected chi connectivity index (χ1v) is 7.50. The van der Waals surface area contributed by atoms with Gasteiger partial charge in [0.25, 0.3) is 0 Å². The van der Waals surface area contributed by atoms with Gasteiger partial charge in [-0.2, -0.15) is 9.98 Å². The SMILES string of the molecule is CN1CCC(C#N)(NS(=O)(=O)c2cccnc2)CC1. The first-order chi connectivity index (χ1) is 8.97. The summed E-state index contributed by atoms with van der Waals surface area (Å²) in [6.07, 6.45) is 3.76. The van der Waals surface area contributed by atoms with Crippen molar-refractivity contribution in [3.8, 4) is 6.07 Å². The van der Waals surface area contributed by atoms with Gasteiger partial charge in [0.1, 0.15) is 10.4 Å². The molecule has 7 heteroatoms. The lowest BCUT2D eigenvalue weighted by Gasteiger charge is -2.35. The van der Waals surface area contributed by atoms with Gasteiger partial charge in [0.2, 0.25) is 10.0 Å². The normalized spacial score (nSPS) is 19.8. The number of hydrogen-bond donors (Lipinski definition) is 1. The van der Waals surface area contributed by atoms with Crippen LogP contribution in [0, 0.1) is 11.3 Å². The molecular formula is C12H16N4O2S. The highest BCUT2D eigenvalue weighted by atomic mass is 32.2. The number of hydrogen-bond acceptors (Lipinski definition) is 5. The highest BCUT2D eigenvalue weighted by molar-refractivity contribution is 7.89. The molecule has 1 saturated heterocycles. The summed E-state index contributed by atoms with van der Waals surface area (Å²) in [6, 6.07) is 5.15. The van der Waals surface area contributed by atoms with Crippen molar-refractivity contribution in [2.75, 3.05) is 20.1 Å². The minimum atomic E-state index is -3.70. The van der Waals surface area contributed by atoms with Gasteiger partial charge >= 0.3 is 0 Å². The molecule has 2 rings (SSSR count). The summed E-state index contributed by atoms with van der Waals surface area (Å²) < 4.78 is 27.0. The molecule has 102 valence electrons. The number of nitrogens with one attached hydrogen (secondary N) is 1. The van der Waals surface area contributed by atoms with Crippen LogP contribution in [-0.2, 0) is 10.0 Å². The number of nitriles is 1. The third-order valence-corrected chi connectivity index (χ3v) is 4.85. The molecule has 1 fully saturated rings. The number of rotatable bonds is 3. The Kier molecular flexibility index (Phi) is 3.85. The van der Waals surface area contributed by atoms with Gasteiger partial charge in [0, 0.05) is 25.5 Å². The molecule has 0 radical (unpaired) electrons. The molecule has 1 aliphatic heterocycles. The molecule has 0 spiro atoms. The van der Waals surface area contributed by atoms with Gasteiger partial charge in [0.15, 0.2) is 0 Å². The van der Waals surface area contributed by atoms with Crippen molar-refractivity contribution in [2.45, 2.75) is 23.3 Å². The summed E-state index contributed by atoms with van der Waals surface area (Å²) >= 11 is 0. The Bertz CT molecular complexity index is 571. The van der Waals surface area contributed by atoms with Crippen LogP contribution in [0.25, 0.3) is 0 Å². The summed E-state index contributed by atoms with van der Waals surface area (Å²) in [4.78, 5) is 5.96. The van der Waals surface area contributed by atoms with E-state index in [1.165, 1.54) is 18.5 Å². The van der Waals surface area contributed by atoms with Gasteiger partial charge in [-0.25, -0.2) is 8.42 Å². The second-order valence-electron chi connectivity index (χ2n) is 4.79. The minimum Gasteiger partial charge on any atom is -0.306 e. The Morgan fingerprint density at radius 2 is 2.16 bits per heavy atom. The fraction of sp³-hybridized carbons (Fsp3) is 0.500. The van der Waals surface area contributed by atoms with Crippen molar-refractivity contribution < 1.29 is 8.42 Å². The quantitative estimate of drug-likeness (QED) is 0.863. The number of nitrogens with zero attached hydrogens (tertiary/aromatic N) is 3. The van der Waals surface area contributed by atoms with Gasteiger partial charge in [-0.3, -0.25) is 4.98 Å². The maximum Gasteiger partial charge on any atom is 0.243 e. The average Bonchev–Trinajstić information content (AvgIpc) is 2.42. The Hall–Kier alpha value is -1.49. The molecule has 0 aromatic carbocycles. The highest BCUT2D eigenvalue weighted by Gasteiger charge is 2.38. The van der Waals surface area contributed by atoms with Crippen molar-refractivity contribution >= 4 is 10.0 Å². The van der Waals surface area contributed by atoms with Crippen molar-refractivity contribution in [2.24, 2.45) is 0 Å². The van der Waals surface area contributed by atoms with Crippen LogP contribution in [0.1, 0.15) is 12.8 Å². The Labute approximate surface area is 113 Å². The zero-order valence-electron chi connectivity index (χ0n) is 10.7. The van der Waals surface area contributed by atoms with E-state index in [1.807, 2.05) is 7.05 Å². The van der Waals surface area contributed by atoms with Crippen molar-refractivity contribution in [1.82, 2.24) is 14.6 Å². The molecule has 1 aromatic heterocycles. The first kappa shape index (κ1) is 13.9. The zero-order chi connectivity index (χ0) is 13.9. The van der Waals surface area contributed by atoms with Crippen LogP contribution in [0.4, 0.5) is 0 Å². The number of pyridine rings is 1. The smallest absolute Gasteiger partial charge is 0.243 e. The molecule has 0 unspecified atom stereocenters. The molecule has 1 N–H and O–H groups in total. The van der Waals surface area contributed by atoms with Crippen LogP contribution in [0.2, 0.25) is 0 Å². The summed E-state index contributed by atoms with van der Waals surface area (Å²) in [6.45, 7) is 1.40. The average molecular weight is 280 g/mol. The Morgan fingerprint density at radius 3 is 2.68 bits per heavy atom. The predicted molar refractivity (Wildman–Crippen MR) is 69.6 cm³/mol. The number of sulfonamides is 1. The van der Waals surface area contributed by atoms with E-state index in [0.717, 1.165) is 0 Å². The van der Waals surface area contributed by atoms with Gasteiger partial charge in [-0.05, 0) is 32.0 Å². The molecule has 2 heterocycles. The van der Waals surface area contributed by atoms with Crippen LogP contribution in [0.3, 0.4) is 0 Å². The Morgan fingerprint density at radius 1 is 1.47 bits per heavy atom. The molecule has 0 aliphatic carbocycles. The summed E-state index contributed by atoms with van der Waals surface area (Å²) in [5.41, 5.74) is -1.01. The van der Waals surface area contributed by atoms with Crippen LogP contribution in [0.5, 0.6) is 0 Å². The standard InChI is InChI=1S/C12H16N4O2S/c1-16-7-4-12(10-13,5-8-16)15-19(17,18)11-3-2-6-14-9-11/h2-3,6,9,15H,4-5,7-8H2,1H3. The summed E-state index contributed by atoms with van der Waals surface area (Å²) in [5.74, 6) is 0. The van der Waals surface area contributed by atoms with Crippen LogP contribution < -0.4 is 4.72 Å². The Balaban J connectivity index is 2.22. The van der Waals surface area contributed by atoms with E-state index < -0.39 is 15.6 Å². The summed E-state index contributed by atoms with van der Waals surface area (Å²) in [7, 11) is -1.75. The molecule has 6 nitrogen and oxygen atoms in total. The number of aromatic nitrogens is 1. The fourth-order valence-electron chi connectivity index (χ4n) is 2.06. The number of likely N-dealkylation sites (tertiary alicyclic amines) is 1. The topological polar surface area (TPSA) is 86.1 Å². The zero-order valence-corrected chi connectivity index (χ0v) is 11.5. The fourth-order valence-corrected chi connectivity index (χ4v) is 3.40. The van der Waals surface area contributed by atoms with E-state index in [1.54, 1.807) is 6.07 Å². The monoisotopic (exact) mass is 280 g/mol. The molecule has 19 heavy (non-hydrogen) atoms. The highest BCUT2D eigenvalue weighted by Crippen LogP contribution is 2.23. The molecule has 1 aromatic rings. The van der Waals surface area contributed by atoms with Gasteiger partial charge in [-0.1, -0.05) is 0 Å². The van der Waals surface area contributed by atoms with E-state index in [9.17, 15) is 13.7 Å². The number of piperidine rings is 1. The van der Waals surface area contributed by atoms with E-state index in [4.69, 9.17) is 0 Å². The molecule has 0 saturated carbocycles. The molecular weight excluding hydrogens is 264 g/mol. The molecule has 0 bridgehead atoms. The lowest BCUT2D eigenvalue weighted by molar-refractivity contribution is 0.213. The lowest BCUT2D eigenvalue weighted by atomic mass is 9.91. The van der Waals surface area contributed by atoms with E-state index in [-0.39, 0.29) is 4.90 Å². The second kappa shape index (κ2) is 5.25. The van der Waals surface area contributed by atoms with Crippen molar-refractivity contribution in [3.05, 3.63) is 24.5 Å². The van der Waals surface area contributed by atoms with E-state index >= 15 is 0 Å². The van der Waals surface area contributed by atoms with Crippen LogP contribution in [-0.4, -0.2) is 44.0 Å². The minimum absolute atomic E-state index is 0.0866. The second-order valence-corrected chi connectivity index (χ2v) is 6.47. The molecule has 0 atom stereocenters. The first-order valence-electron chi connectivity index (χ1n) is 6.01. The summed E-state index contributed by atoms with van der Waals surface area (Å²) in [5, 5.41) is 9.33. The van der Waals surface area contributed by atoms with Gasteiger partial charge < -0.3 is 4.90 Å². The molecule has 1 aliphatic rings. The van der Waals surface area contributed by atoms with E-state index in [0.29, 0.717) is 25.9 Å². The van der Waals surface area contributed by atoms with Crippen molar-refractivity contribution in [3.63, 3.8) is 0 Å².